The second kappa shape index (κ2) is 5.13. The molecule has 0 aromatic rings. The lowest BCUT2D eigenvalue weighted by Crippen LogP contribution is -2.40. The van der Waals surface area contributed by atoms with Crippen LogP contribution in [0.4, 0.5) is 0 Å². The van der Waals surface area contributed by atoms with E-state index in [0.29, 0.717) is 0 Å². The Bertz CT molecular complexity index is 215. The van der Waals surface area contributed by atoms with E-state index in [1.54, 1.807) is 0 Å². The molecule has 1 saturated carbocycles. The van der Waals surface area contributed by atoms with Crippen LogP contribution in [0.25, 0.3) is 0 Å². The summed E-state index contributed by atoms with van der Waals surface area (Å²) < 4.78 is 0. The van der Waals surface area contributed by atoms with E-state index in [0.717, 1.165) is 31.0 Å². The Morgan fingerprint density at radius 2 is 2.33 bits per heavy atom. The lowest BCUT2D eigenvalue weighted by Gasteiger charge is -2.26. The summed E-state index contributed by atoms with van der Waals surface area (Å²) in [4.78, 5) is 2.49. The minimum atomic E-state index is 0.748. The monoisotopic (exact) mass is 208 g/mol. The largest absolute Gasteiger partial charge is 0.312 e. The molecule has 0 aromatic carbocycles. The zero-order chi connectivity index (χ0) is 10.7. The minimum absolute atomic E-state index is 0.748. The van der Waals surface area contributed by atoms with Gasteiger partial charge in [-0.15, -0.1) is 6.58 Å². The smallest absolute Gasteiger partial charge is 0.0226 e. The zero-order valence-corrected chi connectivity index (χ0v) is 9.91. The van der Waals surface area contributed by atoms with Crippen molar-refractivity contribution >= 4 is 0 Å². The lowest BCUT2D eigenvalue weighted by molar-refractivity contribution is 0.255. The van der Waals surface area contributed by atoms with E-state index in [2.05, 4.69) is 23.7 Å². The number of fused-ring (bicyclic) bond motifs is 1. The van der Waals surface area contributed by atoms with Crippen molar-refractivity contribution < 1.29 is 0 Å². The molecule has 0 amide bonds. The van der Waals surface area contributed by atoms with E-state index >= 15 is 0 Å². The van der Waals surface area contributed by atoms with Crippen molar-refractivity contribution in [3.8, 4) is 0 Å². The molecule has 0 aromatic heterocycles. The van der Waals surface area contributed by atoms with Gasteiger partial charge in [-0.1, -0.05) is 19.4 Å². The van der Waals surface area contributed by atoms with Gasteiger partial charge in [-0.25, -0.2) is 0 Å². The summed E-state index contributed by atoms with van der Waals surface area (Å²) in [6.07, 6.45) is 6.39. The van der Waals surface area contributed by atoms with E-state index in [-0.39, 0.29) is 0 Å². The van der Waals surface area contributed by atoms with Crippen LogP contribution in [0.15, 0.2) is 12.7 Å². The molecule has 1 aliphatic carbocycles. The van der Waals surface area contributed by atoms with Gasteiger partial charge in [0.1, 0.15) is 0 Å². The zero-order valence-electron chi connectivity index (χ0n) is 9.91. The van der Waals surface area contributed by atoms with Gasteiger partial charge in [-0.3, -0.25) is 4.90 Å². The van der Waals surface area contributed by atoms with Crippen molar-refractivity contribution in [3.63, 3.8) is 0 Å². The molecule has 3 atom stereocenters. The third-order valence-corrected chi connectivity index (χ3v) is 4.17. The maximum Gasteiger partial charge on any atom is 0.0226 e. The average Bonchev–Trinajstić information content (AvgIpc) is 2.81. The van der Waals surface area contributed by atoms with Gasteiger partial charge in [0.05, 0.1) is 0 Å². The number of nitrogens with zero attached hydrogens (tertiary/aromatic N) is 1. The van der Waals surface area contributed by atoms with Crippen LogP contribution in [0.1, 0.15) is 26.2 Å². The third-order valence-electron chi connectivity index (χ3n) is 4.17. The number of rotatable bonds is 5. The fraction of sp³-hybridized carbons (Fsp3) is 0.846. The van der Waals surface area contributed by atoms with Crippen molar-refractivity contribution in [2.75, 3.05) is 26.2 Å². The predicted molar refractivity (Wildman–Crippen MR) is 64.9 cm³/mol. The molecule has 2 heteroatoms. The molecule has 1 N–H and O–H groups in total. The van der Waals surface area contributed by atoms with Gasteiger partial charge >= 0.3 is 0 Å². The molecule has 0 spiro atoms. The molecule has 0 bridgehead atoms. The second-order valence-corrected chi connectivity index (χ2v) is 5.01. The van der Waals surface area contributed by atoms with Gasteiger partial charge in [-0.2, -0.15) is 0 Å². The van der Waals surface area contributed by atoms with Gasteiger partial charge < -0.3 is 5.32 Å². The van der Waals surface area contributed by atoms with Gasteiger partial charge in [0.25, 0.3) is 0 Å². The van der Waals surface area contributed by atoms with Crippen LogP contribution >= 0.6 is 0 Å². The van der Waals surface area contributed by atoms with E-state index in [1.165, 1.54) is 32.4 Å². The Morgan fingerprint density at radius 3 is 3.07 bits per heavy atom. The SMILES string of the molecule is C=CCN(CC)CC1NCC2CCCC21. The molecule has 2 nitrogen and oxygen atoms in total. The third kappa shape index (κ3) is 2.43. The topological polar surface area (TPSA) is 15.3 Å². The molecule has 2 rings (SSSR count). The Hall–Kier alpha value is -0.340. The standard InChI is InChI=1S/C13H24N2/c1-3-8-15(4-2)10-13-12-7-5-6-11(12)9-14-13/h3,11-14H,1,4-10H2,2H3. The second-order valence-electron chi connectivity index (χ2n) is 5.01. The summed E-state index contributed by atoms with van der Waals surface area (Å²) in [5, 5.41) is 3.71. The molecular formula is C13H24N2. The van der Waals surface area contributed by atoms with Crippen molar-refractivity contribution in [1.29, 1.82) is 0 Å². The van der Waals surface area contributed by atoms with Crippen LogP contribution in [-0.4, -0.2) is 37.1 Å². The highest BCUT2D eigenvalue weighted by molar-refractivity contribution is 4.95. The van der Waals surface area contributed by atoms with E-state index in [4.69, 9.17) is 0 Å². The fourth-order valence-electron chi connectivity index (χ4n) is 3.30. The summed E-state index contributed by atoms with van der Waals surface area (Å²) in [6.45, 7) is 10.7. The Kier molecular flexibility index (Phi) is 3.81. The van der Waals surface area contributed by atoms with Crippen molar-refractivity contribution in [2.45, 2.75) is 32.2 Å². The molecule has 1 heterocycles. The van der Waals surface area contributed by atoms with E-state index in [9.17, 15) is 0 Å². The maximum atomic E-state index is 3.83. The lowest BCUT2D eigenvalue weighted by atomic mass is 9.94. The number of hydrogen-bond donors (Lipinski definition) is 1. The summed E-state index contributed by atoms with van der Waals surface area (Å²) in [5.74, 6) is 1.95. The predicted octanol–water partition coefficient (Wildman–Crippen LogP) is 1.88. The Balaban J connectivity index is 1.85. The highest BCUT2D eigenvalue weighted by Crippen LogP contribution is 2.37. The summed E-state index contributed by atoms with van der Waals surface area (Å²) in [7, 11) is 0. The summed E-state index contributed by atoms with van der Waals surface area (Å²) in [5.41, 5.74) is 0. The average molecular weight is 208 g/mol. The van der Waals surface area contributed by atoms with Crippen LogP contribution < -0.4 is 5.32 Å². The molecule has 3 unspecified atom stereocenters. The highest BCUT2D eigenvalue weighted by atomic mass is 15.2. The molecule has 2 fully saturated rings. The van der Waals surface area contributed by atoms with Gasteiger partial charge in [0.15, 0.2) is 0 Å². The Morgan fingerprint density at radius 1 is 1.47 bits per heavy atom. The van der Waals surface area contributed by atoms with Gasteiger partial charge in [-0.05, 0) is 37.8 Å². The van der Waals surface area contributed by atoms with Gasteiger partial charge in [0.2, 0.25) is 0 Å². The van der Waals surface area contributed by atoms with Crippen LogP contribution in [0.3, 0.4) is 0 Å². The first-order valence-corrected chi connectivity index (χ1v) is 6.41. The Labute approximate surface area is 93.7 Å². The van der Waals surface area contributed by atoms with E-state index < -0.39 is 0 Å². The van der Waals surface area contributed by atoms with Crippen molar-refractivity contribution in [3.05, 3.63) is 12.7 Å². The molecule has 15 heavy (non-hydrogen) atoms. The van der Waals surface area contributed by atoms with Crippen LogP contribution in [0.5, 0.6) is 0 Å². The van der Waals surface area contributed by atoms with Gasteiger partial charge in [0, 0.05) is 19.1 Å². The number of hydrogen-bond acceptors (Lipinski definition) is 2. The molecule has 2 aliphatic rings. The van der Waals surface area contributed by atoms with Crippen LogP contribution in [0, 0.1) is 11.8 Å². The number of likely N-dealkylation sites (N-methyl/N-ethyl adjacent to an activating group) is 1. The first-order valence-electron chi connectivity index (χ1n) is 6.41. The molecule has 86 valence electrons. The first kappa shape index (κ1) is 11.2. The minimum Gasteiger partial charge on any atom is -0.312 e. The van der Waals surface area contributed by atoms with Crippen LogP contribution in [0.2, 0.25) is 0 Å². The highest BCUT2D eigenvalue weighted by Gasteiger charge is 2.38. The quantitative estimate of drug-likeness (QED) is 0.694. The first-order chi connectivity index (χ1) is 7.35. The molecular weight excluding hydrogens is 184 g/mol. The molecule has 0 radical (unpaired) electrons. The summed E-state index contributed by atoms with van der Waals surface area (Å²) >= 11 is 0. The van der Waals surface area contributed by atoms with E-state index in [1.807, 2.05) is 6.08 Å². The molecule has 1 saturated heterocycles. The summed E-state index contributed by atoms with van der Waals surface area (Å²) in [6, 6.07) is 0.748. The normalized spacial score (nSPS) is 34.7. The van der Waals surface area contributed by atoms with Crippen molar-refractivity contribution in [1.82, 2.24) is 10.2 Å². The maximum absolute atomic E-state index is 3.83. The molecule has 1 aliphatic heterocycles. The van der Waals surface area contributed by atoms with Crippen molar-refractivity contribution in [2.24, 2.45) is 11.8 Å². The fourth-order valence-corrected chi connectivity index (χ4v) is 3.30. The van der Waals surface area contributed by atoms with Crippen LogP contribution in [-0.2, 0) is 0 Å². The number of nitrogens with one attached hydrogen (secondary N) is 1.